The van der Waals surface area contributed by atoms with Crippen molar-refractivity contribution in [3.63, 3.8) is 0 Å². The number of nitrogens with one attached hydrogen (secondary N) is 1. The fourth-order valence-electron chi connectivity index (χ4n) is 10.4. The number of amides is 1. The molecule has 326 valence electrons. The minimum Gasteiger partial charge on any atom is -0.456 e. The van der Waals surface area contributed by atoms with Crippen LogP contribution in [0, 0.1) is 16.7 Å². The van der Waals surface area contributed by atoms with Gasteiger partial charge in [-0.3, -0.25) is 19.2 Å². The quantitative estimate of drug-likeness (QED) is 0.198. The van der Waals surface area contributed by atoms with Gasteiger partial charge in [0.25, 0.3) is 0 Å². The summed E-state index contributed by atoms with van der Waals surface area (Å²) in [5, 5.41) is 40.2. The van der Waals surface area contributed by atoms with Crippen molar-refractivity contribution in [1.29, 1.82) is 0 Å². The van der Waals surface area contributed by atoms with E-state index < -0.39 is 113 Å². The summed E-state index contributed by atoms with van der Waals surface area (Å²) in [6.07, 6.45) is -6.57. The second-order valence-electron chi connectivity index (χ2n) is 17.7. The molecule has 0 spiro atoms. The molecular weight excluding hydrogens is 790 g/mol. The normalized spacial score (nSPS) is 36.3. The maximum atomic E-state index is 15.5. The molecule has 4 N–H and O–H groups in total. The highest BCUT2D eigenvalue weighted by molar-refractivity contribution is 5.95. The molecule has 3 aliphatic carbocycles. The third-order valence-corrected chi connectivity index (χ3v) is 13.7. The Morgan fingerprint density at radius 1 is 0.934 bits per heavy atom. The number of esters is 4. The molecule has 2 aliphatic heterocycles. The average Bonchev–Trinajstić information content (AvgIpc) is 3.20. The topological polar surface area (TPSA) is 221 Å². The third kappa shape index (κ3) is 7.49. The first kappa shape index (κ1) is 43.9. The van der Waals surface area contributed by atoms with Gasteiger partial charge in [0, 0.05) is 38.5 Å². The van der Waals surface area contributed by atoms with E-state index >= 15 is 4.79 Å². The van der Waals surface area contributed by atoms with Gasteiger partial charge >= 0.3 is 23.9 Å². The lowest BCUT2D eigenvalue weighted by molar-refractivity contribution is -0.346. The van der Waals surface area contributed by atoms with Gasteiger partial charge in [-0.25, -0.2) is 9.59 Å². The SMILES string of the molecule is CC(=O)O[C@H]1C(=O)[C@]2(C)[C@@H](O)C[C@H]3OC[C@@]3(OC(C)=O)[C@@H]2[C@@H]2OC(=O)c3cccc(c3)CCCC(=O)NC(/C=C/c3ccccc3)[C@@H](O)C(=O)O[C@H]3CC2(O)C(C)(C)C1=C3C. The number of hydrogen-bond donors (Lipinski definition) is 4. The van der Waals surface area contributed by atoms with Crippen molar-refractivity contribution < 1.29 is 67.8 Å². The Balaban J connectivity index is 1.46. The summed E-state index contributed by atoms with van der Waals surface area (Å²) < 4.78 is 30.4. The van der Waals surface area contributed by atoms with Crippen LogP contribution in [0.4, 0.5) is 0 Å². The Kier molecular flexibility index (Phi) is 11.7. The fraction of sp³-hybridized carbons (Fsp3) is 0.522. The van der Waals surface area contributed by atoms with Crippen molar-refractivity contribution in [2.75, 3.05) is 6.61 Å². The Hall–Kier alpha value is -5.22. The average molecular weight is 844 g/mol. The summed E-state index contributed by atoms with van der Waals surface area (Å²) in [6, 6.07) is 14.2. The van der Waals surface area contributed by atoms with Crippen LogP contribution in [-0.4, -0.2) is 111 Å². The molecule has 3 fully saturated rings. The van der Waals surface area contributed by atoms with E-state index in [1.807, 2.05) is 6.07 Å². The molecule has 5 bridgehead atoms. The van der Waals surface area contributed by atoms with Gasteiger partial charge in [-0.2, -0.15) is 0 Å². The molecule has 2 aromatic carbocycles. The van der Waals surface area contributed by atoms with E-state index in [1.165, 1.54) is 26.0 Å². The Morgan fingerprint density at radius 3 is 2.31 bits per heavy atom. The third-order valence-electron chi connectivity index (χ3n) is 13.7. The van der Waals surface area contributed by atoms with Crippen LogP contribution in [0.3, 0.4) is 0 Å². The second kappa shape index (κ2) is 16.2. The van der Waals surface area contributed by atoms with Gasteiger partial charge < -0.3 is 44.3 Å². The lowest BCUT2D eigenvalue weighted by Crippen LogP contribution is -2.82. The predicted molar refractivity (Wildman–Crippen MR) is 215 cm³/mol. The molecule has 0 radical (unpaired) electrons. The van der Waals surface area contributed by atoms with Gasteiger partial charge in [-0.05, 0) is 61.1 Å². The fourth-order valence-corrected chi connectivity index (χ4v) is 10.4. The van der Waals surface area contributed by atoms with Crippen LogP contribution in [0.1, 0.15) is 88.7 Å². The van der Waals surface area contributed by atoms with Gasteiger partial charge in [0.1, 0.15) is 23.9 Å². The number of rotatable bonds is 4. The van der Waals surface area contributed by atoms with Crippen molar-refractivity contribution in [3.8, 4) is 0 Å². The van der Waals surface area contributed by atoms with Crippen molar-refractivity contribution in [2.45, 2.75) is 128 Å². The summed E-state index contributed by atoms with van der Waals surface area (Å²) in [7, 11) is 0. The molecule has 2 aromatic rings. The number of aliphatic hydroxyl groups excluding tert-OH is 2. The van der Waals surface area contributed by atoms with Crippen LogP contribution >= 0.6 is 0 Å². The van der Waals surface area contributed by atoms with Crippen LogP contribution in [0.2, 0.25) is 0 Å². The van der Waals surface area contributed by atoms with E-state index in [4.69, 9.17) is 23.7 Å². The number of hydrogen-bond acceptors (Lipinski definition) is 14. The molecule has 15 heteroatoms. The molecule has 2 heterocycles. The molecule has 61 heavy (non-hydrogen) atoms. The molecular formula is C46H53NO14. The van der Waals surface area contributed by atoms with E-state index in [0.717, 1.165) is 19.4 Å². The van der Waals surface area contributed by atoms with Crippen molar-refractivity contribution >= 4 is 41.6 Å². The number of ketones is 1. The van der Waals surface area contributed by atoms with Gasteiger partial charge in [-0.1, -0.05) is 68.5 Å². The van der Waals surface area contributed by atoms with E-state index in [2.05, 4.69) is 5.32 Å². The van der Waals surface area contributed by atoms with Crippen LogP contribution in [-0.2, 0) is 54.1 Å². The largest absolute Gasteiger partial charge is 0.456 e. The highest BCUT2D eigenvalue weighted by Crippen LogP contribution is 2.64. The lowest BCUT2D eigenvalue weighted by Gasteiger charge is -2.67. The Morgan fingerprint density at radius 2 is 1.66 bits per heavy atom. The molecule has 15 nitrogen and oxygen atoms in total. The van der Waals surface area contributed by atoms with Crippen LogP contribution in [0.5, 0.6) is 0 Å². The smallest absolute Gasteiger partial charge is 0.338 e. The van der Waals surface area contributed by atoms with Crippen molar-refractivity contribution in [2.24, 2.45) is 16.7 Å². The van der Waals surface area contributed by atoms with Gasteiger partial charge in [0.2, 0.25) is 5.91 Å². The highest BCUT2D eigenvalue weighted by atomic mass is 16.6. The number of aryl methyl sites for hydroxylation is 1. The van der Waals surface area contributed by atoms with Gasteiger partial charge in [0.05, 0.1) is 35.6 Å². The zero-order valence-corrected chi connectivity index (χ0v) is 35.0. The minimum atomic E-state index is -2.37. The molecule has 11 atom stereocenters. The van der Waals surface area contributed by atoms with Crippen LogP contribution in [0.25, 0.3) is 6.08 Å². The standard InChI is InChI=1S/C46H53NO14/c1-24-31-22-46(56)40(38-44(6,32(50)21-33-45(38,23-57-33)61-26(3)49)39(53)37(58-25(2)48)35(24)43(46,4)5)60-41(54)29-16-10-14-28(20-29)15-11-17-34(51)47-30(36(52)42(55)59-31)19-18-27-12-8-7-9-13-27/h7-10,12-14,16,18-20,30-33,36-38,40,50,52,56H,11,15,17,21-23H2,1-6H3,(H,47,51)/b19-18+/t30?,31-,32-,33+,36+,37+,38+,40-,44+,45-,46?/m0/s1. The number of aliphatic hydroxyl groups is 3. The highest BCUT2D eigenvalue weighted by Gasteiger charge is 2.78. The van der Waals surface area contributed by atoms with E-state index in [0.29, 0.717) is 18.4 Å². The number of benzene rings is 2. The number of carbonyl (C=O) groups is 6. The Labute approximate surface area is 353 Å². The van der Waals surface area contributed by atoms with E-state index in [-0.39, 0.29) is 36.2 Å². The lowest BCUT2D eigenvalue weighted by atomic mass is 9.44. The molecule has 1 amide bonds. The molecule has 7 rings (SSSR count). The molecule has 1 saturated heterocycles. The summed E-state index contributed by atoms with van der Waals surface area (Å²) >= 11 is 0. The summed E-state index contributed by atoms with van der Waals surface area (Å²) in [5.41, 5.74) is -6.15. The van der Waals surface area contributed by atoms with E-state index in [1.54, 1.807) is 62.4 Å². The summed E-state index contributed by atoms with van der Waals surface area (Å²) in [6.45, 7) is 8.05. The maximum absolute atomic E-state index is 15.5. The Bertz CT molecular complexity index is 2180. The number of carbonyl (C=O) groups excluding carboxylic acids is 6. The van der Waals surface area contributed by atoms with Crippen LogP contribution in [0.15, 0.2) is 71.8 Å². The monoisotopic (exact) mass is 843 g/mol. The van der Waals surface area contributed by atoms with Gasteiger partial charge in [0.15, 0.2) is 23.6 Å². The predicted octanol–water partition coefficient (Wildman–Crippen LogP) is 3.10. The number of ether oxygens (including phenoxy) is 5. The summed E-state index contributed by atoms with van der Waals surface area (Å²) in [5.74, 6) is -6.63. The van der Waals surface area contributed by atoms with Gasteiger partial charge in [-0.15, -0.1) is 0 Å². The summed E-state index contributed by atoms with van der Waals surface area (Å²) in [4.78, 5) is 83.5. The minimum absolute atomic E-state index is 0.000235. The number of fused-ring (bicyclic) bond motifs is 8. The zero-order valence-electron chi connectivity index (χ0n) is 35.0. The molecule has 0 aromatic heterocycles. The molecule has 2 saturated carbocycles. The molecule has 2 unspecified atom stereocenters. The number of Topliss-reactive ketones (excluding diaryl/α,β-unsaturated/α-hetero) is 1. The van der Waals surface area contributed by atoms with Crippen molar-refractivity contribution in [1.82, 2.24) is 5.32 Å². The maximum Gasteiger partial charge on any atom is 0.338 e. The first-order valence-corrected chi connectivity index (χ1v) is 20.6. The first-order valence-electron chi connectivity index (χ1n) is 20.6. The van der Waals surface area contributed by atoms with Crippen LogP contribution < -0.4 is 5.32 Å². The zero-order chi connectivity index (χ0) is 44.2. The molecule has 5 aliphatic rings. The second-order valence-corrected chi connectivity index (χ2v) is 17.7. The van der Waals surface area contributed by atoms with Crippen molar-refractivity contribution in [3.05, 3.63) is 88.5 Å². The van der Waals surface area contributed by atoms with E-state index in [9.17, 15) is 39.3 Å². The first-order chi connectivity index (χ1) is 28.7.